The van der Waals surface area contributed by atoms with Gasteiger partial charge in [0.25, 0.3) is 0 Å². The van der Waals surface area contributed by atoms with Crippen molar-refractivity contribution in [2.24, 2.45) is 5.73 Å². The van der Waals surface area contributed by atoms with Crippen molar-refractivity contribution in [3.05, 3.63) is 29.6 Å². The second-order valence-corrected chi connectivity index (χ2v) is 4.51. The Balaban J connectivity index is 2.89. The molecule has 0 aromatic heterocycles. The van der Waals surface area contributed by atoms with Gasteiger partial charge in [0.1, 0.15) is 0 Å². The van der Waals surface area contributed by atoms with Crippen LogP contribution in [0.25, 0.3) is 0 Å². The van der Waals surface area contributed by atoms with Crippen LogP contribution in [-0.2, 0) is 6.42 Å². The zero-order chi connectivity index (χ0) is 12.2. The smallest absolute Gasteiger partial charge is 0.168 e. The average molecular weight is 225 g/mol. The van der Waals surface area contributed by atoms with Crippen LogP contribution in [0.4, 0.5) is 4.39 Å². The molecule has 0 spiro atoms. The highest BCUT2D eigenvalue weighted by Crippen LogP contribution is 2.24. The molecule has 0 aliphatic carbocycles. The molecule has 0 saturated heterocycles. The standard InChI is InChI=1S/C13H20FNO/c1-4-8-13(2,15)9-10-6-5-7-11(16-3)12(10)14/h5-7H,4,8-9,15H2,1-3H3. The zero-order valence-corrected chi connectivity index (χ0v) is 10.2. The number of hydrogen-bond acceptors (Lipinski definition) is 2. The summed E-state index contributed by atoms with van der Waals surface area (Å²) in [5, 5.41) is 0. The predicted molar refractivity (Wildman–Crippen MR) is 64.2 cm³/mol. The SMILES string of the molecule is CCCC(C)(N)Cc1cccc(OC)c1F. The van der Waals surface area contributed by atoms with Gasteiger partial charge in [0.2, 0.25) is 0 Å². The molecule has 0 radical (unpaired) electrons. The maximum absolute atomic E-state index is 13.9. The van der Waals surface area contributed by atoms with E-state index in [-0.39, 0.29) is 17.1 Å². The van der Waals surface area contributed by atoms with Gasteiger partial charge in [-0.3, -0.25) is 0 Å². The summed E-state index contributed by atoms with van der Waals surface area (Å²) in [4.78, 5) is 0. The topological polar surface area (TPSA) is 35.2 Å². The van der Waals surface area contributed by atoms with E-state index in [1.165, 1.54) is 7.11 Å². The maximum atomic E-state index is 13.9. The van der Waals surface area contributed by atoms with Gasteiger partial charge in [0.05, 0.1) is 7.11 Å². The molecule has 2 N–H and O–H groups in total. The molecule has 0 aliphatic rings. The third kappa shape index (κ3) is 3.20. The van der Waals surface area contributed by atoms with E-state index < -0.39 is 0 Å². The second-order valence-electron chi connectivity index (χ2n) is 4.51. The Labute approximate surface area is 96.6 Å². The molecule has 0 saturated carbocycles. The first kappa shape index (κ1) is 13.0. The van der Waals surface area contributed by atoms with Gasteiger partial charge in [-0.05, 0) is 31.4 Å². The van der Waals surface area contributed by atoms with Crippen LogP contribution in [0.3, 0.4) is 0 Å². The highest BCUT2D eigenvalue weighted by Gasteiger charge is 2.20. The predicted octanol–water partition coefficient (Wildman–Crippen LogP) is 2.89. The Morgan fingerprint density at radius 2 is 2.12 bits per heavy atom. The van der Waals surface area contributed by atoms with E-state index in [0.29, 0.717) is 12.0 Å². The summed E-state index contributed by atoms with van der Waals surface area (Å²) in [7, 11) is 1.47. The van der Waals surface area contributed by atoms with Crippen molar-refractivity contribution in [2.75, 3.05) is 7.11 Å². The Kier molecular flexibility index (Phi) is 4.30. The van der Waals surface area contributed by atoms with Crippen LogP contribution >= 0.6 is 0 Å². The van der Waals surface area contributed by atoms with E-state index in [9.17, 15) is 4.39 Å². The number of benzene rings is 1. The molecule has 1 aromatic rings. The normalized spacial score (nSPS) is 14.6. The fraction of sp³-hybridized carbons (Fsp3) is 0.538. The lowest BCUT2D eigenvalue weighted by Gasteiger charge is -2.24. The Bertz CT molecular complexity index is 350. The van der Waals surface area contributed by atoms with Crippen molar-refractivity contribution in [2.45, 2.75) is 38.6 Å². The summed E-state index contributed by atoms with van der Waals surface area (Å²) in [5.74, 6) is -0.0115. The largest absolute Gasteiger partial charge is 0.494 e. The third-order valence-corrected chi connectivity index (χ3v) is 2.68. The lowest BCUT2D eigenvalue weighted by atomic mass is 9.89. The summed E-state index contributed by atoms with van der Waals surface area (Å²) in [5.41, 5.74) is 6.38. The molecular formula is C13H20FNO. The molecule has 1 unspecified atom stereocenters. The van der Waals surface area contributed by atoms with E-state index in [0.717, 1.165) is 12.8 Å². The zero-order valence-electron chi connectivity index (χ0n) is 10.2. The van der Waals surface area contributed by atoms with E-state index in [1.807, 2.05) is 6.92 Å². The number of rotatable bonds is 5. The van der Waals surface area contributed by atoms with Crippen molar-refractivity contribution >= 4 is 0 Å². The summed E-state index contributed by atoms with van der Waals surface area (Å²) in [6.45, 7) is 4.03. The highest BCUT2D eigenvalue weighted by molar-refractivity contribution is 5.32. The van der Waals surface area contributed by atoms with Gasteiger partial charge in [-0.25, -0.2) is 4.39 Å². The maximum Gasteiger partial charge on any atom is 0.168 e. The molecule has 0 fully saturated rings. The summed E-state index contributed by atoms with van der Waals surface area (Å²) < 4.78 is 18.8. The highest BCUT2D eigenvalue weighted by atomic mass is 19.1. The quantitative estimate of drug-likeness (QED) is 0.836. The summed E-state index contributed by atoms with van der Waals surface area (Å²) in [6, 6.07) is 5.17. The number of hydrogen-bond donors (Lipinski definition) is 1. The van der Waals surface area contributed by atoms with Crippen molar-refractivity contribution in [1.82, 2.24) is 0 Å². The molecule has 0 bridgehead atoms. The van der Waals surface area contributed by atoms with Crippen molar-refractivity contribution in [3.63, 3.8) is 0 Å². The third-order valence-electron chi connectivity index (χ3n) is 2.68. The Morgan fingerprint density at radius 1 is 1.44 bits per heavy atom. The molecule has 1 rings (SSSR count). The van der Waals surface area contributed by atoms with E-state index in [1.54, 1.807) is 18.2 Å². The van der Waals surface area contributed by atoms with E-state index in [4.69, 9.17) is 10.5 Å². The average Bonchev–Trinajstić information content (AvgIpc) is 2.21. The van der Waals surface area contributed by atoms with Gasteiger partial charge in [0.15, 0.2) is 11.6 Å². The first-order valence-corrected chi connectivity index (χ1v) is 5.60. The summed E-state index contributed by atoms with van der Waals surface area (Å²) >= 11 is 0. The monoisotopic (exact) mass is 225 g/mol. The van der Waals surface area contributed by atoms with Crippen LogP contribution in [0.1, 0.15) is 32.3 Å². The fourth-order valence-corrected chi connectivity index (χ4v) is 1.94. The first-order chi connectivity index (χ1) is 7.50. The van der Waals surface area contributed by atoms with Crippen molar-refractivity contribution in [3.8, 4) is 5.75 Å². The van der Waals surface area contributed by atoms with Gasteiger partial charge < -0.3 is 10.5 Å². The number of ether oxygens (including phenoxy) is 1. The van der Waals surface area contributed by atoms with Gasteiger partial charge in [-0.2, -0.15) is 0 Å². The van der Waals surface area contributed by atoms with Gasteiger partial charge >= 0.3 is 0 Å². The van der Waals surface area contributed by atoms with E-state index in [2.05, 4.69) is 6.92 Å². The molecule has 2 nitrogen and oxygen atoms in total. The summed E-state index contributed by atoms with van der Waals surface area (Å²) in [6.07, 6.45) is 2.41. The van der Waals surface area contributed by atoms with Gasteiger partial charge in [0, 0.05) is 5.54 Å². The number of halogens is 1. The fourth-order valence-electron chi connectivity index (χ4n) is 1.94. The van der Waals surface area contributed by atoms with Crippen LogP contribution in [0.15, 0.2) is 18.2 Å². The molecular weight excluding hydrogens is 205 g/mol. The number of nitrogens with two attached hydrogens (primary N) is 1. The molecule has 1 atom stereocenters. The minimum atomic E-state index is -0.359. The molecule has 90 valence electrons. The number of methoxy groups -OCH3 is 1. The molecule has 0 aliphatic heterocycles. The Morgan fingerprint density at radius 3 is 2.69 bits per heavy atom. The second kappa shape index (κ2) is 5.30. The molecule has 0 heterocycles. The molecule has 16 heavy (non-hydrogen) atoms. The van der Waals surface area contributed by atoms with Crippen LogP contribution in [0, 0.1) is 5.82 Å². The van der Waals surface area contributed by atoms with Gasteiger partial charge in [-0.1, -0.05) is 25.5 Å². The van der Waals surface area contributed by atoms with Crippen LogP contribution < -0.4 is 10.5 Å². The Hall–Kier alpha value is -1.09. The lowest BCUT2D eigenvalue weighted by molar-refractivity contribution is 0.375. The molecule has 3 heteroatoms. The minimum Gasteiger partial charge on any atom is -0.494 e. The van der Waals surface area contributed by atoms with E-state index >= 15 is 0 Å². The first-order valence-electron chi connectivity index (χ1n) is 5.60. The molecule has 1 aromatic carbocycles. The van der Waals surface area contributed by atoms with Crippen molar-refractivity contribution < 1.29 is 9.13 Å². The van der Waals surface area contributed by atoms with Crippen LogP contribution in [-0.4, -0.2) is 12.6 Å². The van der Waals surface area contributed by atoms with Crippen LogP contribution in [0.5, 0.6) is 5.75 Å². The molecule has 0 amide bonds. The van der Waals surface area contributed by atoms with Gasteiger partial charge in [-0.15, -0.1) is 0 Å². The van der Waals surface area contributed by atoms with Crippen molar-refractivity contribution in [1.29, 1.82) is 0 Å². The minimum absolute atomic E-state index is 0.282. The van der Waals surface area contributed by atoms with Crippen LogP contribution in [0.2, 0.25) is 0 Å². The lowest BCUT2D eigenvalue weighted by Crippen LogP contribution is -2.38.